The number of likely N-dealkylation sites (tertiary alicyclic amines) is 1. The van der Waals surface area contributed by atoms with Crippen LogP contribution in [-0.2, 0) is 11.0 Å². The highest BCUT2D eigenvalue weighted by atomic mass is 35.5. The smallest absolute Gasteiger partial charge is 0.416 e. The lowest BCUT2D eigenvalue weighted by Gasteiger charge is -2.33. The summed E-state index contributed by atoms with van der Waals surface area (Å²) in [6, 6.07) is 6.26. The number of carboxylic acids is 1. The molecule has 0 spiro atoms. The molecule has 1 heterocycles. The van der Waals surface area contributed by atoms with E-state index in [1.165, 1.54) is 20.3 Å². The lowest BCUT2D eigenvalue weighted by atomic mass is 9.93. The molecule has 1 aliphatic heterocycles. The normalized spacial score (nSPS) is 18.3. The fraction of sp³-hybridized carbons (Fsp3) is 0.381. The summed E-state index contributed by atoms with van der Waals surface area (Å²) >= 11 is 6.35. The molecule has 0 radical (unpaired) electrons. The van der Waals surface area contributed by atoms with E-state index in [1.54, 1.807) is 23.1 Å². The van der Waals surface area contributed by atoms with Crippen molar-refractivity contribution < 1.29 is 32.5 Å². The SMILES string of the molecule is COc1ccc(OC)c(C(c2cc(C(F)(F)F)ccc2Cl)N2CCCC2C(=O)O)c1. The van der Waals surface area contributed by atoms with Crippen LogP contribution in [0.2, 0.25) is 5.02 Å². The van der Waals surface area contributed by atoms with Crippen molar-refractivity contribution in [2.24, 2.45) is 0 Å². The summed E-state index contributed by atoms with van der Waals surface area (Å²) in [5.74, 6) is -0.183. The number of benzene rings is 2. The second kappa shape index (κ2) is 8.73. The first-order valence-corrected chi connectivity index (χ1v) is 9.62. The molecule has 0 aliphatic carbocycles. The van der Waals surface area contributed by atoms with E-state index in [1.807, 2.05) is 0 Å². The lowest BCUT2D eigenvalue weighted by Crippen LogP contribution is -2.39. The molecule has 5 nitrogen and oxygen atoms in total. The molecular weight excluding hydrogens is 423 g/mol. The summed E-state index contributed by atoms with van der Waals surface area (Å²) in [5.41, 5.74) is -0.225. The molecule has 2 atom stereocenters. The average Bonchev–Trinajstić information content (AvgIpc) is 3.18. The number of carboxylic acid groups (broad SMARTS) is 1. The highest BCUT2D eigenvalue weighted by Crippen LogP contribution is 2.44. The van der Waals surface area contributed by atoms with Gasteiger partial charge in [-0.1, -0.05) is 11.6 Å². The van der Waals surface area contributed by atoms with Crippen molar-refractivity contribution in [2.75, 3.05) is 20.8 Å². The van der Waals surface area contributed by atoms with E-state index in [0.29, 0.717) is 36.4 Å². The maximum Gasteiger partial charge on any atom is 0.416 e. The highest BCUT2D eigenvalue weighted by Gasteiger charge is 2.40. The fourth-order valence-corrected chi connectivity index (χ4v) is 4.09. The second-order valence-corrected chi connectivity index (χ2v) is 7.39. The van der Waals surface area contributed by atoms with Crippen LogP contribution in [0.15, 0.2) is 36.4 Å². The average molecular weight is 444 g/mol. The number of hydrogen-bond donors (Lipinski definition) is 1. The van der Waals surface area contributed by atoms with E-state index in [-0.39, 0.29) is 10.6 Å². The van der Waals surface area contributed by atoms with Gasteiger partial charge in [-0.2, -0.15) is 13.2 Å². The maximum absolute atomic E-state index is 13.4. The maximum atomic E-state index is 13.4. The Morgan fingerprint density at radius 1 is 1.17 bits per heavy atom. The Hall–Kier alpha value is -2.45. The van der Waals surface area contributed by atoms with E-state index in [2.05, 4.69) is 0 Å². The van der Waals surface area contributed by atoms with Crippen LogP contribution in [0.25, 0.3) is 0 Å². The molecule has 1 aliphatic rings. The molecular formula is C21H21ClF3NO4. The third kappa shape index (κ3) is 4.34. The van der Waals surface area contributed by atoms with E-state index >= 15 is 0 Å². The topological polar surface area (TPSA) is 59.0 Å². The van der Waals surface area contributed by atoms with Crippen molar-refractivity contribution in [1.82, 2.24) is 4.90 Å². The summed E-state index contributed by atoms with van der Waals surface area (Å²) in [5, 5.41) is 9.80. The van der Waals surface area contributed by atoms with Crippen molar-refractivity contribution in [2.45, 2.75) is 31.1 Å². The van der Waals surface area contributed by atoms with Gasteiger partial charge < -0.3 is 14.6 Å². The number of carbonyl (C=O) groups is 1. The highest BCUT2D eigenvalue weighted by molar-refractivity contribution is 6.31. The molecule has 2 aromatic carbocycles. The Bertz CT molecular complexity index is 935. The molecule has 1 N–H and O–H groups in total. The van der Waals surface area contributed by atoms with Crippen molar-refractivity contribution in [3.63, 3.8) is 0 Å². The zero-order chi connectivity index (χ0) is 22.1. The van der Waals surface area contributed by atoms with Gasteiger partial charge in [0.15, 0.2) is 0 Å². The van der Waals surface area contributed by atoms with Gasteiger partial charge in [-0.05, 0) is 54.8 Å². The van der Waals surface area contributed by atoms with Gasteiger partial charge in [0.05, 0.1) is 25.8 Å². The Balaban J connectivity index is 2.26. The Morgan fingerprint density at radius 3 is 2.50 bits per heavy atom. The second-order valence-electron chi connectivity index (χ2n) is 6.98. The zero-order valence-electron chi connectivity index (χ0n) is 16.4. The number of ether oxygens (including phenoxy) is 2. The quantitative estimate of drug-likeness (QED) is 0.679. The van der Waals surface area contributed by atoms with Gasteiger partial charge in [0.2, 0.25) is 0 Å². The molecule has 1 fully saturated rings. The van der Waals surface area contributed by atoms with Crippen molar-refractivity contribution in [3.05, 3.63) is 58.1 Å². The van der Waals surface area contributed by atoms with Gasteiger partial charge in [0, 0.05) is 17.1 Å². The van der Waals surface area contributed by atoms with Crippen LogP contribution in [0.5, 0.6) is 11.5 Å². The first kappa shape index (κ1) is 22.2. The molecule has 0 bridgehead atoms. The van der Waals surface area contributed by atoms with Crippen LogP contribution in [-0.4, -0.2) is 42.8 Å². The predicted molar refractivity (Wildman–Crippen MR) is 105 cm³/mol. The molecule has 0 amide bonds. The summed E-state index contributed by atoms with van der Waals surface area (Å²) < 4.78 is 51.0. The van der Waals surface area contributed by atoms with Gasteiger partial charge in [0.25, 0.3) is 0 Å². The van der Waals surface area contributed by atoms with E-state index in [9.17, 15) is 23.1 Å². The van der Waals surface area contributed by atoms with E-state index in [4.69, 9.17) is 21.1 Å². The molecule has 30 heavy (non-hydrogen) atoms. The van der Waals surface area contributed by atoms with Crippen molar-refractivity contribution >= 4 is 17.6 Å². The number of hydrogen-bond acceptors (Lipinski definition) is 4. The first-order chi connectivity index (χ1) is 14.2. The van der Waals surface area contributed by atoms with Crippen molar-refractivity contribution in [3.8, 4) is 11.5 Å². The summed E-state index contributed by atoms with van der Waals surface area (Å²) in [6.45, 7) is 0.384. The molecule has 2 unspecified atom stereocenters. The van der Waals surface area contributed by atoms with Crippen LogP contribution < -0.4 is 9.47 Å². The number of aliphatic carboxylic acids is 1. The van der Waals surface area contributed by atoms with Gasteiger partial charge in [-0.15, -0.1) is 0 Å². The lowest BCUT2D eigenvalue weighted by molar-refractivity contribution is -0.143. The fourth-order valence-electron chi connectivity index (χ4n) is 3.87. The minimum Gasteiger partial charge on any atom is -0.497 e. The largest absolute Gasteiger partial charge is 0.497 e. The predicted octanol–water partition coefficient (Wildman–Crippen LogP) is 5.01. The van der Waals surface area contributed by atoms with Gasteiger partial charge in [0.1, 0.15) is 17.5 Å². The van der Waals surface area contributed by atoms with Gasteiger partial charge in [-0.25, -0.2) is 0 Å². The number of methoxy groups -OCH3 is 2. The zero-order valence-corrected chi connectivity index (χ0v) is 17.1. The minimum absolute atomic E-state index is 0.105. The summed E-state index contributed by atoms with van der Waals surface area (Å²) in [7, 11) is 2.91. The van der Waals surface area contributed by atoms with Crippen LogP contribution >= 0.6 is 11.6 Å². The molecule has 1 saturated heterocycles. The van der Waals surface area contributed by atoms with E-state index in [0.717, 1.165) is 12.1 Å². The van der Waals surface area contributed by atoms with Crippen molar-refractivity contribution in [1.29, 1.82) is 0 Å². The molecule has 0 saturated carbocycles. The number of nitrogens with zero attached hydrogens (tertiary/aromatic N) is 1. The van der Waals surface area contributed by atoms with Gasteiger partial charge >= 0.3 is 12.1 Å². The molecule has 0 aromatic heterocycles. The molecule has 3 rings (SSSR count). The molecule has 9 heteroatoms. The Labute approximate surface area is 177 Å². The van der Waals surface area contributed by atoms with Gasteiger partial charge in [-0.3, -0.25) is 9.69 Å². The molecule has 2 aromatic rings. The number of halogens is 4. The van der Waals surface area contributed by atoms with Crippen LogP contribution in [0.3, 0.4) is 0 Å². The molecule has 162 valence electrons. The first-order valence-electron chi connectivity index (χ1n) is 9.24. The van der Waals surface area contributed by atoms with Crippen LogP contribution in [0.1, 0.15) is 35.6 Å². The number of rotatable bonds is 6. The van der Waals surface area contributed by atoms with E-state index < -0.39 is 29.8 Å². The van der Waals surface area contributed by atoms with Crippen LogP contribution in [0, 0.1) is 0 Å². The third-order valence-corrected chi connectivity index (χ3v) is 5.60. The Kier molecular flexibility index (Phi) is 6.47. The Morgan fingerprint density at radius 2 is 1.90 bits per heavy atom. The standard InChI is InChI=1S/C21H21ClF3NO4/c1-29-13-6-8-18(30-2)15(11-13)19(26-9-3-4-17(26)20(27)28)14-10-12(21(23,24)25)5-7-16(14)22/h5-8,10-11,17,19H,3-4,9H2,1-2H3,(H,27,28). The monoisotopic (exact) mass is 443 g/mol. The third-order valence-electron chi connectivity index (χ3n) is 5.26. The summed E-state index contributed by atoms with van der Waals surface area (Å²) in [6.07, 6.45) is -3.59. The summed E-state index contributed by atoms with van der Waals surface area (Å²) in [4.78, 5) is 13.5. The van der Waals surface area contributed by atoms with Crippen LogP contribution in [0.4, 0.5) is 13.2 Å². The number of alkyl halides is 3. The minimum atomic E-state index is -4.57.